The normalized spacial score (nSPS) is 17.8. The summed E-state index contributed by atoms with van der Waals surface area (Å²) in [6.45, 7) is 0. The molecule has 1 heterocycles. The van der Waals surface area contributed by atoms with Crippen LogP contribution in [0.15, 0.2) is 59.5 Å². The van der Waals surface area contributed by atoms with Crippen molar-refractivity contribution in [2.75, 3.05) is 5.32 Å². The summed E-state index contributed by atoms with van der Waals surface area (Å²) in [5.41, 5.74) is -1.10. The Morgan fingerprint density at radius 2 is 1.60 bits per heavy atom. The molecule has 1 aliphatic heterocycles. The van der Waals surface area contributed by atoms with Crippen LogP contribution in [0.2, 0.25) is 0 Å². The molecule has 1 amide bonds. The number of ether oxygens (including phenoxy) is 1. The van der Waals surface area contributed by atoms with Crippen molar-refractivity contribution in [2.24, 2.45) is 0 Å². The Morgan fingerprint density at radius 3 is 2.35 bits per heavy atom. The average Bonchev–Trinajstić information content (AvgIpc) is 2.47. The molecule has 3 rings (SSSR count). The van der Waals surface area contributed by atoms with E-state index in [1.54, 1.807) is 42.5 Å². The highest BCUT2D eigenvalue weighted by Gasteiger charge is 2.39. The zero-order chi connectivity index (χ0) is 14.2. The van der Waals surface area contributed by atoms with Gasteiger partial charge in [-0.2, -0.15) is 0 Å². The third kappa shape index (κ3) is 2.04. The Kier molecular flexibility index (Phi) is 2.94. The molecule has 0 aliphatic carbocycles. The van der Waals surface area contributed by atoms with Gasteiger partial charge >= 0.3 is 0 Å². The molecule has 1 unspecified atom stereocenters. The van der Waals surface area contributed by atoms with Crippen molar-refractivity contribution in [3.8, 4) is 5.75 Å². The van der Waals surface area contributed by atoms with Crippen molar-refractivity contribution in [2.45, 2.75) is 10.3 Å². The number of para-hydroxylation sites is 2. The van der Waals surface area contributed by atoms with Crippen LogP contribution in [0.5, 0.6) is 5.75 Å². The predicted octanol–water partition coefficient (Wildman–Crippen LogP) is 1.82. The van der Waals surface area contributed by atoms with Gasteiger partial charge in [-0.05, 0) is 24.3 Å². The molecule has 0 fully saturated rings. The van der Waals surface area contributed by atoms with Gasteiger partial charge in [-0.3, -0.25) is 4.79 Å². The van der Waals surface area contributed by atoms with Crippen LogP contribution in [0.25, 0.3) is 0 Å². The number of sulfone groups is 1. The number of rotatable bonds is 2. The van der Waals surface area contributed by atoms with Gasteiger partial charge in [0.25, 0.3) is 11.3 Å². The highest BCUT2D eigenvalue weighted by Crippen LogP contribution is 2.31. The maximum Gasteiger partial charge on any atom is 0.281 e. The van der Waals surface area contributed by atoms with Crippen LogP contribution in [0, 0.1) is 0 Å². The Labute approximate surface area is 116 Å². The van der Waals surface area contributed by atoms with Crippen molar-refractivity contribution in [1.29, 1.82) is 0 Å². The van der Waals surface area contributed by atoms with E-state index in [2.05, 4.69) is 5.32 Å². The molecule has 1 atom stereocenters. The number of fused-ring (bicyclic) bond motifs is 1. The first kappa shape index (κ1) is 12.7. The van der Waals surface area contributed by atoms with E-state index in [9.17, 15) is 13.2 Å². The topological polar surface area (TPSA) is 72.5 Å². The number of nitrogens with one attached hydrogen (secondary N) is 1. The largest absolute Gasteiger partial charge is 0.462 e. The molecule has 2 aromatic rings. The van der Waals surface area contributed by atoms with Crippen molar-refractivity contribution < 1.29 is 17.9 Å². The highest BCUT2D eigenvalue weighted by molar-refractivity contribution is 7.92. The van der Waals surface area contributed by atoms with Gasteiger partial charge in [0, 0.05) is 0 Å². The Balaban J connectivity index is 2.02. The van der Waals surface area contributed by atoms with Crippen LogP contribution in [0.4, 0.5) is 5.69 Å². The third-order valence-corrected chi connectivity index (χ3v) is 4.75. The van der Waals surface area contributed by atoms with E-state index < -0.39 is 21.2 Å². The molecular formula is C14H11NO4S. The van der Waals surface area contributed by atoms with Gasteiger partial charge in [-0.1, -0.05) is 30.3 Å². The molecule has 5 nitrogen and oxygen atoms in total. The standard InChI is InChI=1S/C14H11NO4S/c16-13-14(19-12-9-5-4-8-11(12)15-13)20(17,18)10-6-2-1-3-7-10/h1-9,14H,(H,15,16). The van der Waals surface area contributed by atoms with Crippen LogP contribution >= 0.6 is 0 Å². The van der Waals surface area contributed by atoms with Gasteiger partial charge in [-0.25, -0.2) is 8.42 Å². The number of amides is 1. The van der Waals surface area contributed by atoms with E-state index in [-0.39, 0.29) is 4.90 Å². The second-order valence-electron chi connectivity index (χ2n) is 4.29. The number of hydrogen-bond acceptors (Lipinski definition) is 4. The molecule has 2 aromatic carbocycles. The van der Waals surface area contributed by atoms with Crippen LogP contribution in [-0.2, 0) is 14.6 Å². The first-order valence-corrected chi connectivity index (χ1v) is 7.49. The van der Waals surface area contributed by atoms with Gasteiger partial charge in [0.2, 0.25) is 9.84 Å². The van der Waals surface area contributed by atoms with Gasteiger partial charge in [0.1, 0.15) is 5.75 Å². The SMILES string of the molecule is O=C1Nc2ccccc2OC1S(=O)(=O)c1ccccc1. The highest BCUT2D eigenvalue weighted by atomic mass is 32.2. The van der Waals surface area contributed by atoms with Crippen LogP contribution in [0.1, 0.15) is 0 Å². The predicted molar refractivity (Wildman–Crippen MR) is 73.1 cm³/mol. The van der Waals surface area contributed by atoms with Crippen molar-refractivity contribution in [3.05, 3.63) is 54.6 Å². The first-order valence-electron chi connectivity index (χ1n) is 5.94. The number of carbonyl (C=O) groups is 1. The number of carbonyl (C=O) groups excluding carboxylic acids is 1. The van der Waals surface area contributed by atoms with E-state index in [4.69, 9.17) is 4.74 Å². The van der Waals surface area contributed by atoms with Crippen LogP contribution in [0.3, 0.4) is 0 Å². The zero-order valence-corrected chi connectivity index (χ0v) is 11.1. The average molecular weight is 289 g/mol. The minimum absolute atomic E-state index is 0.0551. The Hall–Kier alpha value is -2.34. The fraction of sp³-hybridized carbons (Fsp3) is 0.0714. The molecule has 1 aliphatic rings. The second kappa shape index (κ2) is 4.64. The lowest BCUT2D eigenvalue weighted by Gasteiger charge is -2.25. The molecule has 0 saturated carbocycles. The molecule has 0 aromatic heterocycles. The smallest absolute Gasteiger partial charge is 0.281 e. The van der Waals surface area contributed by atoms with E-state index in [0.717, 1.165) is 0 Å². The van der Waals surface area contributed by atoms with Gasteiger partial charge in [0.05, 0.1) is 10.6 Å². The maximum atomic E-state index is 12.4. The summed E-state index contributed by atoms with van der Waals surface area (Å²) in [5.74, 6) is -0.343. The summed E-state index contributed by atoms with van der Waals surface area (Å²) in [4.78, 5) is 12.0. The lowest BCUT2D eigenvalue weighted by Crippen LogP contribution is -2.42. The monoisotopic (exact) mass is 289 g/mol. The minimum Gasteiger partial charge on any atom is -0.462 e. The molecule has 20 heavy (non-hydrogen) atoms. The molecule has 6 heteroatoms. The van der Waals surface area contributed by atoms with Crippen molar-refractivity contribution >= 4 is 21.4 Å². The lowest BCUT2D eigenvalue weighted by molar-refractivity contribution is -0.120. The van der Waals surface area contributed by atoms with Gasteiger partial charge in [0.15, 0.2) is 0 Å². The van der Waals surface area contributed by atoms with E-state index >= 15 is 0 Å². The second-order valence-corrected chi connectivity index (χ2v) is 6.28. The van der Waals surface area contributed by atoms with Crippen molar-refractivity contribution in [3.63, 3.8) is 0 Å². The number of benzene rings is 2. The summed E-state index contributed by atoms with van der Waals surface area (Å²) in [7, 11) is -3.89. The molecule has 0 radical (unpaired) electrons. The molecular weight excluding hydrogens is 278 g/mol. The number of anilines is 1. The third-order valence-electron chi connectivity index (χ3n) is 2.95. The van der Waals surface area contributed by atoms with Crippen LogP contribution in [-0.4, -0.2) is 19.8 Å². The van der Waals surface area contributed by atoms with Crippen molar-refractivity contribution in [1.82, 2.24) is 0 Å². The summed E-state index contributed by atoms with van der Waals surface area (Å²) in [6.07, 6.45) is 0. The fourth-order valence-electron chi connectivity index (χ4n) is 1.97. The van der Waals surface area contributed by atoms with E-state index in [0.29, 0.717) is 11.4 Å². The summed E-state index contributed by atoms with van der Waals surface area (Å²) in [6, 6.07) is 14.5. The quantitative estimate of drug-likeness (QED) is 0.915. The summed E-state index contributed by atoms with van der Waals surface area (Å²) in [5, 5.41) is 2.54. The molecule has 102 valence electrons. The summed E-state index contributed by atoms with van der Waals surface area (Å²) < 4.78 is 30.2. The summed E-state index contributed by atoms with van der Waals surface area (Å²) >= 11 is 0. The van der Waals surface area contributed by atoms with Gasteiger partial charge < -0.3 is 10.1 Å². The molecule has 0 saturated heterocycles. The molecule has 0 bridgehead atoms. The Morgan fingerprint density at radius 1 is 0.950 bits per heavy atom. The molecule has 0 spiro atoms. The molecule has 1 N–H and O–H groups in total. The lowest BCUT2D eigenvalue weighted by atomic mass is 10.2. The first-order chi connectivity index (χ1) is 9.59. The zero-order valence-electron chi connectivity index (χ0n) is 10.3. The number of hydrogen-bond donors (Lipinski definition) is 1. The fourth-order valence-corrected chi connectivity index (χ4v) is 3.33. The van der Waals surface area contributed by atoms with Crippen LogP contribution < -0.4 is 10.1 Å². The van der Waals surface area contributed by atoms with E-state index in [1.165, 1.54) is 12.1 Å². The Bertz CT molecular complexity index is 756. The van der Waals surface area contributed by atoms with E-state index in [1.807, 2.05) is 0 Å². The maximum absolute atomic E-state index is 12.4. The minimum atomic E-state index is -3.89. The van der Waals surface area contributed by atoms with Gasteiger partial charge in [-0.15, -0.1) is 0 Å².